The van der Waals surface area contributed by atoms with Gasteiger partial charge in [-0.15, -0.1) is 0 Å². The van der Waals surface area contributed by atoms with Gasteiger partial charge in [-0.1, -0.05) is 24.6 Å². The van der Waals surface area contributed by atoms with Crippen LogP contribution in [0.3, 0.4) is 0 Å². The van der Waals surface area contributed by atoms with Gasteiger partial charge in [0.2, 0.25) is 0 Å². The second kappa shape index (κ2) is 6.16. The molecular weight excluding hydrogens is 242 g/mol. The maximum Gasteiger partial charge on any atom is 0.185 e. The summed E-state index contributed by atoms with van der Waals surface area (Å²) >= 11 is 5.36. The van der Waals surface area contributed by atoms with Gasteiger partial charge in [0.05, 0.1) is 0 Å². The van der Waals surface area contributed by atoms with Crippen LogP contribution in [0, 0.1) is 0 Å². The highest BCUT2D eigenvalue weighted by atomic mass is 32.1. The first-order chi connectivity index (χ1) is 8.66. The summed E-state index contributed by atoms with van der Waals surface area (Å²) in [5, 5.41) is 6.14. The van der Waals surface area contributed by atoms with Crippen molar-refractivity contribution in [2.75, 3.05) is 5.32 Å². The third kappa shape index (κ3) is 3.43. The van der Waals surface area contributed by atoms with Crippen molar-refractivity contribution in [2.24, 2.45) is 0 Å². The molecule has 1 aromatic rings. The van der Waals surface area contributed by atoms with Crippen LogP contribution in [0.4, 0.5) is 5.69 Å². The van der Waals surface area contributed by atoms with E-state index in [1.807, 2.05) is 30.3 Å². The van der Waals surface area contributed by atoms with E-state index < -0.39 is 0 Å². The fourth-order valence-electron chi connectivity index (χ4n) is 2.44. The zero-order valence-corrected chi connectivity index (χ0v) is 11.8. The third-order valence-electron chi connectivity index (χ3n) is 3.46. The molecule has 0 aromatic heterocycles. The van der Waals surface area contributed by atoms with Crippen molar-refractivity contribution in [1.82, 2.24) is 10.4 Å². The number of piperidine rings is 1. The minimum Gasteiger partial charge on any atom is -0.332 e. The number of rotatable bonds is 2. The number of hydrogen-bond acceptors (Lipinski definition) is 2. The summed E-state index contributed by atoms with van der Waals surface area (Å²) in [6.07, 6.45) is 3.76. The molecule has 1 fully saturated rings. The molecule has 0 spiro atoms. The largest absolute Gasteiger partial charge is 0.332 e. The first-order valence-electron chi connectivity index (χ1n) is 6.58. The minimum atomic E-state index is 0.532. The van der Waals surface area contributed by atoms with E-state index in [0.717, 1.165) is 5.69 Å². The molecule has 0 bridgehead atoms. The van der Waals surface area contributed by atoms with Crippen LogP contribution in [0.5, 0.6) is 0 Å². The number of nitrogens with zero attached hydrogens (tertiary/aromatic N) is 1. The first-order valence-corrected chi connectivity index (χ1v) is 6.98. The van der Waals surface area contributed by atoms with Crippen LogP contribution in [-0.2, 0) is 0 Å². The number of hydrazine groups is 1. The zero-order valence-electron chi connectivity index (χ0n) is 11.0. The molecule has 2 N–H and O–H groups in total. The molecule has 0 unspecified atom stereocenters. The van der Waals surface area contributed by atoms with Gasteiger partial charge in [-0.05, 0) is 51.0 Å². The highest BCUT2D eigenvalue weighted by Gasteiger charge is 2.25. The molecule has 2 atom stereocenters. The lowest BCUT2D eigenvalue weighted by Gasteiger charge is -2.39. The lowest BCUT2D eigenvalue weighted by atomic mass is 10.00. The molecule has 1 aliphatic heterocycles. The van der Waals surface area contributed by atoms with E-state index in [9.17, 15) is 0 Å². The van der Waals surface area contributed by atoms with Gasteiger partial charge < -0.3 is 5.32 Å². The average Bonchev–Trinajstić information content (AvgIpc) is 2.35. The number of nitrogens with one attached hydrogen (secondary N) is 2. The van der Waals surface area contributed by atoms with E-state index >= 15 is 0 Å². The summed E-state index contributed by atoms with van der Waals surface area (Å²) in [5.41, 5.74) is 4.34. The lowest BCUT2D eigenvalue weighted by Crippen LogP contribution is -2.55. The molecule has 3 nitrogen and oxygen atoms in total. The molecule has 1 aliphatic rings. The topological polar surface area (TPSA) is 27.3 Å². The van der Waals surface area contributed by atoms with Crippen molar-refractivity contribution in [3.05, 3.63) is 30.3 Å². The van der Waals surface area contributed by atoms with Gasteiger partial charge >= 0.3 is 0 Å². The van der Waals surface area contributed by atoms with Gasteiger partial charge in [-0.25, -0.2) is 5.01 Å². The van der Waals surface area contributed by atoms with E-state index in [4.69, 9.17) is 12.2 Å². The number of para-hydroxylation sites is 1. The molecule has 1 saturated heterocycles. The maximum absolute atomic E-state index is 5.36. The first kappa shape index (κ1) is 13.3. The monoisotopic (exact) mass is 263 g/mol. The molecule has 4 heteroatoms. The predicted octanol–water partition coefficient (Wildman–Crippen LogP) is 3.15. The van der Waals surface area contributed by atoms with Gasteiger partial charge in [0.15, 0.2) is 5.11 Å². The molecule has 1 heterocycles. The zero-order chi connectivity index (χ0) is 13.0. The van der Waals surface area contributed by atoms with Crippen LogP contribution in [-0.4, -0.2) is 22.2 Å². The fraction of sp³-hybridized carbons (Fsp3) is 0.500. The van der Waals surface area contributed by atoms with Crippen molar-refractivity contribution >= 4 is 23.0 Å². The number of thiocarbonyl (C=S) groups is 1. The molecule has 0 saturated carbocycles. The second-order valence-corrected chi connectivity index (χ2v) is 5.38. The van der Waals surface area contributed by atoms with E-state index in [0.29, 0.717) is 17.2 Å². The van der Waals surface area contributed by atoms with E-state index in [2.05, 4.69) is 29.6 Å². The summed E-state index contributed by atoms with van der Waals surface area (Å²) < 4.78 is 0. The Morgan fingerprint density at radius 1 is 1.17 bits per heavy atom. The highest BCUT2D eigenvalue weighted by Crippen LogP contribution is 2.20. The third-order valence-corrected chi connectivity index (χ3v) is 3.65. The number of hydrogen-bond donors (Lipinski definition) is 2. The van der Waals surface area contributed by atoms with Gasteiger partial charge in [0, 0.05) is 17.8 Å². The van der Waals surface area contributed by atoms with Gasteiger partial charge in [-0.2, -0.15) is 0 Å². The smallest absolute Gasteiger partial charge is 0.185 e. The Hall–Kier alpha value is -1.13. The summed E-state index contributed by atoms with van der Waals surface area (Å²) in [7, 11) is 0. The van der Waals surface area contributed by atoms with Gasteiger partial charge in [0.25, 0.3) is 0 Å². The van der Waals surface area contributed by atoms with Crippen LogP contribution in [0.15, 0.2) is 30.3 Å². The Morgan fingerprint density at radius 3 is 2.39 bits per heavy atom. The maximum atomic E-state index is 5.36. The molecule has 1 aromatic carbocycles. The Balaban J connectivity index is 1.90. The molecule has 18 heavy (non-hydrogen) atoms. The molecule has 0 amide bonds. The summed E-state index contributed by atoms with van der Waals surface area (Å²) in [5.74, 6) is 0. The molecular formula is C14H21N3S. The Bertz CT molecular complexity index is 383. The average molecular weight is 263 g/mol. The predicted molar refractivity (Wildman–Crippen MR) is 80.4 cm³/mol. The molecule has 0 aliphatic carbocycles. The van der Waals surface area contributed by atoms with Crippen molar-refractivity contribution < 1.29 is 0 Å². The summed E-state index contributed by atoms with van der Waals surface area (Å²) in [6, 6.07) is 11.1. The quantitative estimate of drug-likeness (QED) is 0.802. The fourth-order valence-corrected chi connectivity index (χ4v) is 2.66. The van der Waals surface area contributed by atoms with Crippen LogP contribution < -0.4 is 10.7 Å². The SMILES string of the molecule is C[C@@H]1CCC[C@@H](C)N1NC(=S)Nc1ccccc1. The Morgan fingerprint density at radius 2 is 1.78 bits per heavy atom. The van der Waals surface area contributed by atoms with E-state index in [1.54, 1.807) is 0 Å². The van der Waals surface area contributed by atoms with Crippen LogP contribution in [0.2, 0.25) is 0 Å². The summed E-state index contributed by atoms with van der Waals surface area (Å²) in [6.45, 7) is 4.49. The van der Waals surface area contributed by atoms with Crippen LogP contribution in [0.1, 0.15) is 33.1 Å². The Kier molecular flexibility index (Phi) is 4.55. The van der Waals surface area contributed by atoms with E-state index in [1.165, 1.54) is 19.3 Å². The standard InChI is InChI=1S/C14H21N3S/c1-11-7-6-8-12(2)17(11)16-14(18)15-13-9-4-3-5-10-13/h3-5,9-12H,6-8H2,1-2H3,(H2,15,16,18)/t11-,12-/m1/s1. The van der Waals surface area contributed by atoms with E-state index in [-0.39, 0.29) is 0 Å². The normalized spacial score (nSPS) is 24.6. The lowest BCUT2D eigenvalue weighted by molar-refractivity contribution is 0.0750. The minimum absolute atomic E-state index is 0.532. The van der Waals surface area contributed by atoms with Crippen molar-refractivity contribution in [1.29, 1.82) is 0 Å². The number of benzene rings is 1. The number of anilines is 1. The van der Waals surface area contributed by atoms with Gasteiger partial charge in [0.1, 0.15) is 0 Å². The van der Waals surface area contributed by atoms with Crippen LogP contribution >= 0.6 is 12.2 Å². The highest BCUT2D eigenvalue weighted by molar-refractivity contribution is 7.80. The van der Waals surface area contributed by atoms with Crippen LogP contribution in [0.25, 0.3) is 0 Å². The van der Waals surface area contributed by atoms with Gasteiger partial charge in [-0.3, -0.25) is 5.43 Å². The molecule has 98 valence electrons. The van der Waals surface area contributed by atoms with Crippen molar-refractivity contribution in [3.8, 4) is 0 Å². The summed E-state index contributed by atoms with van der Waals surface area (Å²) in [4.78, 5) is 0. The second-order valence-electron chi connectivity index (χ2n) is 4.97. The Labute approximate surface area is 115 Å². The molecule has 2 rings (SSSR count). The molecule has 0 radical (unpaired) electrons. The van der Waals surface area contributed by atoms with Crippen molar-refractivity contribution in [3.63, 3.8) is 0 Å². The van der Waals surface area contributed by atoms with Crippen molar-refractivity contribution in [2.45, 2.75) is 45.2 Å².